The molecule has 0 unspecified atom stereocenters. The smallest absolute Gasteiger partial charge is 0.113 e. The van der Waals surface area contributed by atoms with Crippen molar-refractivity contribution < 1.29 is 0 Å². The molecule has 2 heterocycles. The van der Waals surface area contributed by atoms with Gasteiger partial charge in [-0.25, -0.2) is 9.97 Å². The van der Waals surface area contributed by atoms with E-state index in [0.29, 0.717) is 0 Å². The Bertz CT molecular complexity index is 576. The van der Waals surface area contributed by atoms with Gasteiger partial charge in [-0.1, -0.05) is 24.0 Å². The molecular formula is C16H10N2. The number of allylic oxidation sites excluding steroid dienone is 2. The Hall–Kier alpha value is -2.84. The molecule has 0 fully saturated rings. The van der Waals surface area contributed by atoms with Crippen LogP contribution < -0.4 is 0 Å². The van der Waals surface area contributed by atoms with Crippen LogP contribution in [0.4, 0.5) is 0 Å². The van der Waals surface area contributed by atoms with E-state index in [1.165, 1.54) is 0 Å². The summed E-state index contributed by atoms with van der Waals surface area (Å²) in [7, 11) is 0. The van der Waals surface area contributed by atoms with Crippen molar-refractivity contribution in [3.8, 4) is 23.7 Å². The SMILES string of the molecule is C(#Cc1ccccn1)/C=C\C#Cc1ccccn1. The third-order valence-electron chi connectivity index (χ3n) is 1.98. The first kappa shape index (κ1) is 11.6. The van der Waals surface area contributed by atoms with Gasteiger partial charge in [0.2, 0.25) is 0 Å². The predicted molar refractivity (Wildman–Crippen MR) is 71.4 cm³/mol. The van der Waals surface area contributed by atoms with Crippen molar-refractivity contribution in [1.29, 1.82) is 0 Å². The molecule has 2 rings (SSSR count). The maximum atomic E-state index is 4.09. The molecule has 0 atom stereocenters. The van der Waals surface area contributed by atoms with Crippen LogP contribution in [-0.4, -0.2) is 9.97 Å². The molecule has 0 saturated heterocycles. The van der Waals surface area contributed by atoms with E-state index < -0.39 is 0 Å². The van der Waals surface area contributed by atoms with Crippen molar-refractivity contribution in [3.05, 3.63) is 72.3 Å². The predicted octanol–water partition coefficient (Wildman–Crippen LogP) is 2.44. The van der Waals surface area contributed by atoms with Gasteiger partial charge in [0.05, 0.1) is 0 Å². The number of aromatic nitrogens is 2. The van der Waals surface area contributed by atoms with E-state index in [1.807, 2.05) is 36.4 Å². The zero-order valence-corrected chi connectivity index (χ0v) is 9.67. The minimum absolute atomic E-state index is 0.750. The molecule has 2 nitrogen and oxygen atoms in total. The fourth-order valence-corrected chi connectivity index (χ4v) is 1.19. The average Bonchev–Trinajstić information content (AvgIpc) is 2.45. The summed E-state index contributed by atoms with van der Waals surface area (Å²) in [5, 5.41) is 0. The molecule has 0 aliphatic carbocycles. The molecule has 0 saturated carbocycles. The highest BCUT2D eigenvalue weighted by molar-refractivity contribution is 5.36. The maximum Gasteiger partial charge on any atom is 0.113 e. The summed E-state index contributed by atoms with van der Waals surface area (Å²) >= 11 is 0. The first-order valence-corrected chi connectivity index (χ1v) is 5.45. The van der Waals surface area contributed by atoms with Gasteiger partial charge in [-0.2, -0.15) is 0 Å². The highest BCUT2D eigenvalue weighted by Crippen LogP contribution is 1.90. The summed E-state index contributed by atoms with van der Waals surface area (Å²) in [6, 6.07) is 11.3. The van der Waals surface area contributed by atoms with Gasteiger partial charge in [-0.15, -0.1) is 0 Å². The van der Waals surface area contributed by atoms with Crippen LogP contribution in [0.3, 0.4) is 0 Å². The van der Waals surface area contributed by atoms with E-state index in [-0.39, 0.29) is 0 Å². The molecule has 18 heavy (non-hydrogen) atoms. The topological polar surface area (TPSA) is 25.8 Å². The molecule has 2 heteroatoms. The van der Waals surface area contributed by atoms with Crippen LogP contribution in [0.5, 0.6) is 0 Å². The normalized spacial score (nSPS) is 9.11. The minimum atomic E-state index is 0.750. The lowest BCUT2D eigenvalue weighted by Crippen LogP contribution is -1.77. The third kappa shape index (κ3) is 3.96. The van der Waals surface area contributed by atoms with Gasteiger partial charge in [0.15, 0.2) is 0 Å². The lowest BCUT2D eigenvalue weighted by atomic mass is 10.3. The zero-order valence-electron chi connectivity index (χ0n) is 9.67. The summed E-state index contributed by atoms with van der Waals surface area (Å²) in [4.78, 5) is 8.18. The van der Waals surface area contributed by atoms with E-state index in [9.17, 15) is 0 Å². The summed E-state index contributed by atoms with van der Waals surface area (Å²) in [6.45, 7) is 0. The maximum absolute atomic E-state index is 4.09. The van der Waals surface area contributed by atoms with Crippen molar-refractivity contribution in [3.63, 3.8) is 0 Å². The molecule has 0 aliphatic heterocycles. The van der Waals surface area contributed by atoms with Crippen LogP contribution in [0.2, 0.25) is 0 Å². The molecule has 0 bridgehead atoms. The Kier molecular flexibility index (Phi) is 4.32. The lowest BCUT2D eigenvalue weighted by Gasteiger charge is -1.84. The lowest BCUT2D eigenvalue weighted by molar-refractivity contribution is 1.29. The van der Waals surface area contributed by atoms with Crippen molar-refractivity contribution in [2.45, 2.75) is 0 Å². The molecular weight excluding hydrogens is 220 g/mol. The fourth-order valence-electron chi connectivity index (χ4n) is 1.19. The van der Waals surface area contributed by atoms with Gasteiger partial charge < -0.3 is 0 Å². The first-order chi connectivity index (χ1) is 8.95. The van der Waals surface area contributed by atoms with Gasteiger partial charge >= 0.3 is 0 Å². The van der Waals surface area contributed by atoms with Gasteiger partial charge in [-0.3, -0.25) is 0 Å². The number of hydrogen-bond donors (Lipinski definition) is 0. The standard InChI is InChI=1S/C16H10N2/c1(3-9-15-11-5-7-13-17-15)2-4-10-16-12-6-8-14-18-16/h1-2,5-8,11-14H/b2-1-. The molecule has 2 aromatic heterocycles. The van der Waals surface area contributed by atoms with Crippen molar-refractivity contribution in [1.82, 2.24) is 9.97 Å². The third-order valence-corrected chi connectivity index (χ3v) is 1.98. The van der Waals surface area contributed by atoms with Crippen LogP contribution in [0.1, 0.15) is 11.4 Å². The number of rotatable bonds is 0. The Morgan fingerprint density at radius 2 is 1.22 bits per heavy atom. The van der Waals surface area contributed by atoms with Crippen LogP contribution >= 0.6 is 0 Å². The van der Waals surface area contributed by atoms with Gasteiger partial charge in [0, 0.05) is 12.4 Å². The fraction of sp³-hybridized carbons (Fsp3) is 0. The van der Waals surface area contributed by atoms with Crippen molar-refractivity contribution in [2.24, 2.45) is 0 Å². The Balaban J connectivity index is 1.94. The van der Waals surface area contributed by atoms with Gasteiger partial charge in [0.25, 0.3) is 0 Å². The van der Waals surface area contributed by atoms with Crippen LogP contribution in [0.25, 0.3) is 0 Å². The molecule has 0 N–H and O–H groups in total. The van der Waals surface area contributed by atoms with Gasteiger partial charge in [0.1, 0.15) is 11.4 Å². The number of nitrogens with zero attached hydrogens (tertiary/aromatic N) is 2. The highest BCUT2D eigenvalue weighted by Gasteiger charge is 1.81. The monoisotopic (exact) mass is 230 g/mol. The second-order valence-corrected chi connectivity index (χ2v) is 3.30. The number of pyridine rings is 2. The largest absolute Gasteiger partial charge is 0.248 e. The van der Waals surface area contributed by atoms with Crippen molar-refractivity contribution >= 4 is 0 Å². The van der Waals surface area contributed by atoms with E-state index in [0.717, 1.165) is 11.4 Å². The summed E-state index contributed by atoms with van der Waals surface area (Å²) in [6.07, 6.45) is 6.83. The van der Waals surface area contributed by atoms with E-state index in [4.69, 9.17) is 0 Å². The Morgan fingerprint density at radius 1 is 0.722 bits per heavy atom. The van der Waals surface area contributed by atoms with E-state index in [2.05, 4.69) is 33.6 Å². The van der Waals surface area contributed by atoms with Crippen molar-refractivity contribution in [2.75, 3.05) is 0 Å². The average molecular weight is 230 g/mol. The van der Waals surface area contributed by atoms with Crippen LogP contribution in [-0.2, 0) is 0 Å². The zero-order chi connectivity index (χ0) is 12.5. The first-order valence-electron chi connectivity index (χ1n) is 5.45. The quantitative estimate of drug-likeness (QED) is 0.650. The minimum Gasteiger partial charge on any atom is -0.248 e. The second-order valence-electron chi connectivity index (χ2n) is 3.30. The van der Waals surface area contributed by atoms with E-state index in [1.54, 1.807) is 24.5 Å². The Labute approximate surface area is 106 Å². The molecule has 0 amide bonds. The van der Waals surface area contributed by atoms with Gasteiger partial charge in [-0.05, 0) is 48.3 Å². The highest BCUT2D eigenvalue weighted by atomic mass is 14.6. The molecule has 0 radical (unpaired) electrons. The summed E-state index contributed by atoms with van der Waals surface area (Å²) in [5.41, 5.74) is 1.50. The summed E-state index contributed by atoms with van der Waals surface area (Å²) in [5.74, 6) is 11.6. The Morgan fingerprint density at radius 3 is 1.61 bits per heavy atom. The van der Waals surface area contributed by atoms with Crippen LogP contribution in [0.15, 0.2) is 60.9 Å². The molecule has 2 aromatic rings. The molecule has 0 aromatic carbocycles. The molecule has 0 spiro atoms. The molecule has 0 aliphatic rings. The molecule has 84 valence electrons. The van der Waals surface area contributed by atoms with Crippen LogP contribution in [0, 0.1) is 23.7 Å². The summed E-state index contributed by atoms with van der Waals surface area (Å²) < 4.78 is 0. The number of hydrogen-bond acceptors (Lipinski definition) is 2. The second kappa shape index (κ2) is 6.68. The van der Waals surface area contributed by atoms with E-state index >= 15 is 0 Å².